The quantitative estimate of drug-likeness (QED) is 0.732. The van der Waals surface area contributed by atoms with E-state index in [1.807, 2.05) is 41.3 Å². The number of hydrogen-bond acceptors (Lipinski definition) is 6. The Morgan fingerprint density at radius 2 is 2.04 bits per heavy atom. The molecule has 0 radical (unpaired) electrons. The predicted octanol–water partition coefficient (Wildman–Crippen LogP) is 3.34. The highest BCUT2D eigenvalue weighted by Crippen LogP contribution is 2.36. The van der Waals surface area contributed by atoms with Crippen molar-refractivity contribution in [3.05, 3.63) is 57.8 Å². The van der Waals surface area contributed by atoms with Crippen molar-refractivity contribution in [2.45, 2.75) is 31.6 Å². The van der Waals surface area contributed by atoms with Crippen LogP contribution in [0, 0.1) is 0 Å². The van der Waals surface area contributed by atoms with Crippen molar-refractivity contribution in [3.8, 4) is 0 Å². The predicted molar refractivity (Wildman–Crippen MR) is 102 cm³/mol. The van der Waals surface area contributed by atoms with E-state index in [1.165, 1.54) is 18.4 Å². The van der Waals surface area contributed by atoms with Gasteiger partial charge in [-0.3, -0.25) is 4.90 Å². The molecule has 1 saturated heterocycles. The Labute approximate surface area is 162 Å². The fourth-order valence-corrected chi connectivity index (χ4v) is 4.23. The number of ether oxygens (including phenoxy) is 2. The summed E-state index contributed by atoms with van der Waals surface area (Å²) in [5.41, 5.74) is -0.360. The maximum absolute atomic E-state index is 11.8. The molecule has 1 fully saturated rings. The van der Waals surface area contributed by atoms with Crippen LogP contribution >= 0.6 is 11.3 Å². The lowest BCUT2D eigenvalue weighted by molar-refractivity contribution is -0.177. The smallest absolute Gasteiger partial charge is 0.351 e. The minimum atomic E-state index is -1.34. The second-order valence-electron chi connectivity index (χ2n) is 6.61. The number of carbonyl (C=O) groups excluding carboxylic acids is 1. The maximum atomic E-state index is 11.8. The number of carboxylic acid groups (broad SMARTS) is 1. The molecule has 0 saturated carbocycles. The van der Waals surface area contributed by atoms with Crippen LogP contribution in [0.25, 0.3) is 0 Å². The third-order valence-corrected chi connectivity index (χ3v) is 5.95. The molecule has 6 nitrogen and oxygen atoms in total. The van der Waals surface area contributed by atoms with Gasteiger partial charge in [0.1, 0.15) is 4.88 Å². The summed E-state index contributed by atoms with van der Waals surface area (Å²) in [5, 5.41) is 9.70. The summed E-state index contributed by atoms with van der Waals surface area (Å²) in [4.78, 5) is 26.9. The number of nitrogens with zero attached hydrogens (tertiary/aromatic N) is 1. The molecule has 0 amide bonds. The number of methoxy groups -OCH3 is 1. The molecule has 2 heterocycles. The van der Waals surface area contributed by atoms with Crippen LogP contribution in [0.2, 0.25) is 0 Å². The van der Waals surface area contributed by atoms with Gasteiger partial charge in [-0.2, -0.15) is 0 Å². The number of rotatable bonds is 7. The molecule has 0 bridgehead atoms. The standard InChI is InChI=1S/C20H23NO5S/c1-20(19(23)24)21(13-16(26-20)14-7-4-3-5-8-14)12-6-9-15-10-11-17(27-15)18(22)25-2/h3-5,7-8,10-11,16H,6,9,12-13H2,1-2H3,(H,23,24)/t16-,20?/m0/s1. The van der Waals surface area contributed by atoms with Crippen LogP contribution in [0.3, 0.4) is 0 Å². The molecule has 0 spiro atoms. The molecule has 1 aliphatic rings. The SMILES string of the molecule is COC(=O)c1ccc(CCCN2C[C@@H](c3ccccc3)OC2(C)C(=O)O)s1. The minimum absolute atomic E-state index is 0.264. The normalized spacial score (nSPS) is 22.7. The van der Waals surface area contributed by atoms with E-state index in [9.17, 15) is 14.7 Å². The summed E-state index contributed by atoms with van der Waals surface area (Å²) in [5.74, 6) is -1.31. The Morgan fingerprint density at radius 3 is 2.70 bits per heavy atom. The molecule has 7 heteroatoms. The number of thiophene rings is 1. The van der Waals surface area contributed by atoms with Crippen molar-refractivity contribution in [2.24, 2.45) is 0 Å². The van der Waals surface area contributed by atoms with E-state index in [0.29, 0.717) is 18.0 Å². The largest absolute Gasteiger partial charge is 0.478 e. The van der Waals surface area contributed by atoms with Gasteiger partial charge < -0.3 is 14.6 Å². The third kappa shape index (κ3) is 4.21. The Kier molecular flexibility index (Phi) is 5.94. The monoisotopic (exact) mass is 389 g/mol. The fraction of sp³-hybridized carbons (Fsp3) is 0.400. The first kappa shape index (κ1) is 19.5. The first-order chi connectivity index (χ1) is 12.9. The van der Waals surface area contributed by atoms with Gasteiger partial charge in [-0.25, -0.2) is 9.59 Å². The lowest BCUT2D eigenvalue weighted by atomic mass is 10.1. The van der Waals surface area contributed by atoms with Gasteiger partial charge in [0, 0.05) is 18.0 Å². The zero-order chi connectivity index (χ0) is 19.4. The van der Waals surface area contributed by atoms with Gasteiger partial charge in [0.25, 0.3) is 0 Å². The highest BCUT2D eigenvalue weighted by molar-refractivity contribution is 7.13. The Balaban J connectivity index is 1.63. The van der Waals surface area contributed by atoms with Crippen LogP contribution < -0.4 is 0 Å². The van der Waals surface area contributed by atoms with Crippen molar-refractivity contribution >= 4 is 23.3 Å². The number of aryl methyl sites for hydroxylation is 1. The molecular formula is C20H23NO5S. The lowest BCUT2D eigenvalue weighted by Crippen LogP contribution is -2.49. The van der Waals surface area contributed by atoms with Gasteiger partial charge in [-0.15, -0.1) is 11.3 Å². The fourth-order valence-electron chi connectivity index (χ4n) is 3.26. The van der Waals surface area contributed by atoms with Gasteiger partial charge >= 0.3 is 11.9 Å². The molecule has 0 aliphatic carbocycles. The Hall–Kier alpha value is -2.22. The second kappa shape index (κ2) is 8.21. The number of esters is 1. The van der Waals surface area contributed by atoms with E-state index in [-0.39, 0.29) is 12.1 Å². The molecule has 2 atom stereocenters. The molecule has 1 unspecified atom stereocenters. The zero-order valence-corrected chi connectivity index (χ0v) is 16.2. The van der Waals surface area contributed by atoms with Gasteiger partial charge in [0.2, 0.25) is 5.72 Å². The van der Waals surface area contributed by atoms with E-state index in [2.05, 4.69) is 0 Å². The van der Waals surface area contributed by atoms with Crippen LogP contribution in [-0.2, 0) is 20.7 Å². The number of carboxylic acids is 1. The van der Waals surface area contributed by atoms with E-state index in [4.69, 9.17) is 9.47 Å². The topological polar surface area (TPSA) is 76.1 Å². The Morgan fingerprint density at radius 1 is 1.30 bits per heavy atom. The van der Waals surface area contributed by atoms with Gasteiger partial charge in [0.15, 0.2) is 0 Å². The lowest BCUT2D eigenvalue weighted by Gasteiger charge is -2.29. The summed E-state index contributed by atoms with van der Waals surface area (Å²) in [6.45, 7) is 2.74. The molecule has 1 aliphatic heterocycles. The summed E-state index contributed by atoms with van der Waals surface area (Å²) in [6, 6.07) is 13.4. The average Bonchev–Trinajstić information content (AvgIpc) is 3.28. The summed E-state index contributed by atoms with van der Waals surface area (Å²) in [6.07, 6.45) is 1.28. The minimum Gasteiger partial charge on any atom is -0.478 e. The summed E-state index contributed by atoms with van der Waals surface area (Å²) in [7, 11) is 1.37. The molecule has 2 aromatic rings. The van der Waals surface area contributed by atoms with Gasteiger partial charge in [0.05, 0.1) is 13.2 Å². The molecule has 3 rings (SSSR count). The summed E-state index contributed by atoms with van der Waals surface area (Å²) >= 11 is 1.41. The molecule has 1 aromatic heterocycles. The van der Waals surface area contributed by atoms with E-state index in [1.54, 1.807) is 13.0 Å². The molecule has 1 N–H and O–H groups in total. The van der Waals surface area contributed by atoms with Gasteiger partial charge in [-0.05, 0) is 37.5 Å². The molecule has 1 aromatic carbocycles. The average molecular weight is 389 g/mol. The molecule has 27 heavy (non-hydrogen) atoms. The molecular weight excluding hydrogens is 366 g/mol. The van der Waals surface area contributed by atoms with Crippen LogP contribution in [-0.4, -0.2) is 47.9 Å². The van der Waals surface area contributed by atoms with E-state index in [0.717, 1.165) is 23.3 Å². The Bertz CT molecular complexity index is 806. The van der Waals surface area contributed by atoms with Crippen LogP contribution in [0.4, 0.5) is 0 Å². The van der Waals surface area contributed by atoms with Crippen LogP contribution in [0.5, 0.6) is 0 Å². The van der Waals surface area contributed by atoms with E-state index < -0.39 is 11.7 Å². The first-order valence-electron chi connectivity index (χ1n) is 8.82. The van der Waals surface area contributed by atoms with Crippen molar-refractivity contribution in [1.29, 1.82) is 0 Å². The van der Waals surface area contributed by atoms with Crippen LogP contribution in [0.1, 0.15) is 39.6 Å². The van der Waals surface area contributed by atoms with Crippen molar-refractivity contribution in [1.82, 2.24) is 4.90 Å². The summed E-state index contributed by atoms with van der Waals surface area (Å²) < 4.78 is 10.7. The maximum Gasteiger partial charge on any atom is 0.351 e. The third-order valence-electron chi connectivity index (χ3n) is 4.83. The highest BCUT2D eigenvalue weighted by atomic mass is 32.1. The van der Waals surface area contributed by atoms with Crippen molar-refractivity contribution < 1.29 is 24.2 Å². The van der Waals surface area contributed by atoms with Crippen LogP contribution in [0.15, 0.2) is 42.5 Å². The number of benzene rings is 1. The number of hydrogen-bond donors (Lipinski definition) is 1. The molecule has 144 valence electrons. The zero-order valence-electron chi connectivity index (χ0n) is 15.4. The van der Waals surface area contributed by atoms with Gasteiger partial charge in [-0.1, -0.05) is 30.3 Å². The van der Waals surface area contributed by atoms with E-state index >= 15 is 0 Å². The highest BCUT2D eigenvalue weighted by Gasteiger charge is 2.49. The second-order valence-corrected chi connectivity index (χ2v) is 7.78. The first-order valence-corrected chi connectivity index (χ1v) is 9.64. The number of carbonyl (C=O) groups is 2. The van der Waals surface area contributed by atoms with Crippen molar-refractivity contribution in [2.75, 3.05) is 20.2 Å². The number of aliphatic carboxylic acids is 1. The van der Waals surface area contributed by atoms with Crippen molar-refractivity contribution in [3.63, 3.8) is 0 Å².